The summed E-state index contributed by atoms with van der Waals surface area (Å²) in [5.74, 6) is -0.788. The molecule has 0 unspecified atom stereocenters. The third-order valence-corrected chi connectivity index (χ3v) is 3.23. The highest BCUT2D eigenvalue weighted by atomic mass is 19.1. The van der Waals surface area contributed by atoms with Gasteiger partial charge in [-0.3, -0.25) is 4.79 Å². The van der Waals surface area contributed by atoms with E-state index in [0.29, 0.717) is 31.6 Å². The van der Waals surface area contributed by atoms with E-state index in [4.69, 9.17) is 0 Å². The van der Waals surface area contributed by atoms with Gasteiger partial charge in [0.05, 0.1) is 5.92 Å². The molecule has 1 amide bonds. The highest BCUT2D eigenvalue weighted by Crippen LogP contribution is 2.12. The number of nitrogens with one attached hydrogen (secondary N) is 1. The number of likely N-dealkylation sites (N-methyl/N-ethyl adjacent to an activating group) is 1. The van der Waals surface area contributed by atoms with Gasteiger partial charge in [0.15, 0.2) is 0 Å². The van der Waals surface area contributed by atoms with E-state index in [1.54, 1.807) is 11.9 Å². The highest BCUT2D eigenvalue weighted by Gasteiger charge is 2.27. The minimum atomic E-state index is -0.455. The summed E-state index contributed by atoms with van der Waals surface area (Å²) in [7, 11) is 1.69. The van der Waals surface area contributed by atoms with Gasteiger partial charge in [-0.1, -0.05) is 0 Å². The van der Waals surface area contributed by atoms with Crippen LogP contribution in [0, 0.1) is 17.6 Å². The zero-order valence-corrected chi connectivity index (χ0v) is 10.2. The number of rotatable bonds is 4. The van der Waals surface area contributed by atoms with Crippen molar-refractivity contribution >= 4 is 5.91 Å². The molecule has 0 saturated carbocycles. The first-order valence-corrected chi connectivity index (χ1v) is 5.97. The number of amides is 1. The van der Waals surface area contributed by atoms with Crippen LogP contribution in [0.1, 0.15) is 5.56 Å². The molecule has 1 N–H and O–H groups in total. The molecule has 5 heteroatoms. The van der Waals surface area contributed by atoms with Gasteiger partial charge < -0.3 is 10.2 Å². The lowest BCUT2D eigenvalue weighted by molar-refractivity contribution is -0.135. The number of hydrogen-bond donors (Lipinski definition) is 1. The number of carbonyl (C=O) groups is 1. The van der Waals surface area contributed by atoms with Gasteiger partial charge in [-0.2, -0.15) is 0 Å². The Hall–Kier alpha value is -1.49. The summed E-state index contributed by atoms with van der Waals surface area (Å²) in [5, 5.41) is 3.03. The number of carbonyl (C=O) groups excluding carboxylic acids is 1. The Bertz CT molecular complexity index is 447. The lowest BCUT2D eigenvalue weighted by Crippen LogP contribution is -2.51. The van der Waals surface area contributed by atoms with Crippen molar-refractivity contribution in [2.45, 2.75) is 6.42 Å². The molecule has 98 valence electrons. The number of benzene rings is 1. The first-order valence-electron chi connectivity index (χ1n) is 5.97. The molecule has 1 aromatic rings. The van der Waals surface area contributed by atoms with Crippen LogP contribution in [0.15, 0.2) is 18.2 Å². The van der Waals surface area contributed by atoms with Crippen molar-refractivity contribution in [3.05, 3.63) is 35.4 Å². The van der Waals surface area contributed by atoms with E-state index in [1.165, 1.54) is 6.07 Å². The third kappa shape index (κ3) is 2.85. The molecule has 0 aliphatic carbocycles. The Labute approximate surface area is 105 Å². The molecule has 0 spiro atoms. The minimum absolute atomic E-state index is 0.0346. The summed E-state index contributed by atoms with van der Waals surface area (Å²) in [6.45, 7) is 1.81. The predicted octanol–water partition coefficient (Wildman–Crippen LogP) is 1.19. The van der Waals surface area contributed by atoms with Crippen LogP contribution in [-0.2, 0) is 11.2 Å². The number of hydrogen-bond acceptors (Lipinski definition) is 2. The van der Waals surface area contributed by atoms with Gasteiger partial charge in [-0.05, 0) is 30.2 Å². The highest BCUT2D eigenvalue weighted by molar-refractivity contribution is 5.79. The quantitative estimate of drug-likeness (QED) is 0.875. The van der Waals surface area contributed by atoms with Crippen molar-refractivity contribution in [2.24, 2.45) is 5.92 Å². The van der Waals surface area contributed by atoms with Crippen molar-refractivity contribution in [1.82, 2.24) is 10.2 Å². The maximum Gasteiger partial charge on any atom is 0.228 e. The van der Waals surface area contributed by atoms with E-state index >= 15 is 0 Å². The van der Waals surface area contributed by atoms with Gasteiger partial charge >= 0.3 is 0 Å². The summed E-state index contributed by atoms with van der Waals surface area (Å²) in [4.78, 5) is 13.4. The molecule has 0 atom stereocenters. The van der Waals surface area contributed by atoms with E-state index in [2.05, 4.69) is 5.32 Å². The number of nitrogens with zero attached hydrogens (tertiary/aromatic N) is 1. The van der Waals surface area contributed by atoms with Crippen LogP contribution in [0.5, 0.6) is 0 Å². The van der Waals surface area contributed by atoms with Gasteiger partial charge in [-0.25, -0.2) is 8.78 Å². The summed E-state index contributed by atoms with van der Waals surface area (Å²) < 4.78 is 26.3. The van der Waals surface area contributed by atoms with Crippen LogP contribution >= 0.6 is 0 Å². The molecular formula is C13H16F2N2O. The third-order valence-electron chi connectivity index (χ3n) is 3.23. The largest absolute Gasteiger partial charge is 0.345 e. The number of halogens is 2. The SMILES string of the molecule is CN(CCc1cc(F)ccc1F)C(=O)C1CNC1. The van der Waals surface area contributed by atoms with Crippen LogP contribution < -0.4 is 5.32 Å². The van der Waals surface area contributed by atoms with Crippen LogP contribution in [-0.4, -0.2) is 37.5 Å². The Balaban J connectivity index is 1.90. The van der Waals surface area contributed by atoms with Crippen molar-refractivity contribution < 1.29 is 13.6 Å². The fourth-order valence-electron chi connectivity index (χ4n) is 1.91. The van der Waals surface area contributed by atoms with Gasteiger partial charge in [0.2, 0.25) is 5.91 Å². The Morgan fingerprint density at radius 3 is 2.78 bits per heavy atom. The molecule has 1 fully saturated rings. The standard InChI is InChI=1S/C13H16F2N2O/c1-17(13(18)10-7-16-8-10)5-4-9-6-11(14)2-3-12(9)15/h2-3,6,10,16H,4-5,7-8H2,1H3. The fraction of sp³-hybridized carbons (Fsp3) is 0.462. The smallest absolute Gasteiger partial charge is 0.228 e. The molecule has 0 radical (unpaired) electrons. The van der Waals surface area contributed by atoms with Gasteiger partial charge in [0, 0.05) is 26.7 Å². The molecule has 2 rings (SSSR count). The maximum absolute atomic E-state index is 13.4. The molecule has 0 aromatic heterocycles. The van der Waals surface area contributed by atoms with Crippen LogP contribution in [0.4, 0.5) is 8.78 Å². The fourth-order valence-corrected chi connectivity index (χ4v) is 1.91. The molecule has 1 aliphatic heterocycles. The van der Waals surface area contributed by atoms with E-state index in [0.717, 1.165) is 12.1 Å². The monoisotopic (exact) mass is 254 g/mol. The maximum atomic E-state index is 13.4. The van der Waals surface area contributed by atoms with E-state index in [-0.39, 0.29) is 11.8 Å². The van der Waals surface area contributed by atoms with Gasteiger partial charge in [0.1, 0.15) is 11.6 Å². The minimum Gasteiger partial charge on any atom is -0.345 e. The van der Waals surface area contributed by atoms with E-state index in [9.17, 15) is 13.6 Å². The average molecular weight is 254 g/mol. The van der Waals surface area contributed by atoms with Gasteiger partial charge in [-0.15, -0.1) is 0 Å². The Kier molecular flexibility index (Phi) is 3.91. The Morgan fingerprint density at radius 1 is 1.44 bits per heavy atom. The van der Waals surface area contributed by atoms with E-state index < -0.39 is 11.6 Å². The lowest BCUT2D eigenvalue weighted by Gasteiger charge is -2.30. The molecule has 3 nitrogen and oxygen atoms in total. The normalized spacial score (nSPS) is 15.3. The summed E-state index contributed by atoms with van der Waals surface area (Å²) >= 11 is 0. The second-order valence-corrected chi connectivity index (χ2v) is 4.60. The van der Waals surface area contributed by atoms with Crippen molar-refractivity contribution in [1.29, 1.82) is 0 Å². The molecule has 1 heterocycles. The zero-order chi connectivity index (χ0) is 13.1. The first kappa shape index (κ1) is 13.0. The topological polar surface area (TPSA) is 32.3 Å². The molecule has 1 saturated heterocycles. The second kappa shape index (κ2) is 5.44. The van der Waals surface area contributed by atoms with Crippen molar-refractivity contribution in [3.8, 4) is 0 Å². The zero-order valence-electron chi connectivity index (χ0n) is 10.2. The average Bonchev–Trinajstić information content (AvgIpc) is 2.27. The molecular weight excluding hydrogens is 238 g/mol. The Morgan fingerprint density at radius 2 is 2.17 bits per heavy atom. The summed E-state index contributed by atoms with van der Waals surface area (Å²) in [5.41, 5.74) is 0.307. The molecule has 0 bridgehead atoms. The molecule has 1 aromatic carbocycles. The van der Waals surface area contributed by atoms with Crippen LogP contribution in [0.3, 0.4) is 0 Å². The summed E-state index contributed by atoms with van der Waals surface area (Å²) in [6.07, 6.45) is 0.325. The van der Waals surface area contributed by atoms with E-state index in [1.807, 2.05) is 0 Å². The van der Waals surface area contributed by atoms with Crippen molar-refractivity contribution in [2.75, 3.05) is 26.7 Å². The molecule has 18 heavy (non-hydrogen) atoms. The lowest BCUT2D eigenvalue weighted by atomic mass is 10.0. The first-order chi connectivity index (χ1) is 8.58. The molecule has 1 aliphatic rings. The van der Waals surface area contributed by atoms with Crippen LogP contribution in [0.25, 0.3) is 0 Å². The van der Waals surface area contributed by atoms with Crippen LogP contribution in [0.2, 0.25) is 0 Å². The summed E-state index contributed by atoms with van der Waals surface area (Å²) in [6, 6.07) is 3.38. The van der Waals surface area contributed by atoms with Gasteiger partial charge in [0.25, 0.3) is 0 Å². The van der Waals surface area contributed by atoms with Crippen molar-refractivity contribution in [3.63, 3.8) is 0 Å². The predicted molar refractivity (Wildman–Crippen MR) is 64.1 cm³/mol. The second-order valence-electron chi connectivity index (χ2n) is 4.60.